The lowest BCUT2D eigenvalue weighted by molar-refractivity contribution is 0.0334. The third kappa shape index (κ3) is 3.10. The topological polar surface area (TPSA) is 46.5 Å². The van der Waals surface area contributed by atoms with E-state index in [1.165, 1.54) is 24.3 Å². The van der Waals surface area contributed by atoms with E-state index in [9.17, 15) is 14.3 Å². The van der Waals surface area contributed by atoms with Crippen molar-refractivity contribution in [3.05, 3.63) is 65.5 Å². The van der Waals surface area contributed by atoms with Crippen LogP contribution in [0.3, 0.4) is 0 Å². The molecule has 2 rings (SSSR count). The van der Waals surface area contributed by atoms with Crippen molar-refractivity contribution in [2.24, 2.45) is 0 Å². The number of halogens is 1. The number of hydrogen-bond donors (Lipinski definition) is 1. The molecule has 0 heterocycles. The SMILES string of the molecule is C[C@H](OC(=O)c1ccccc1O)c1ccc(F)cc1. The first-order valence-electron chi connectivity index (χ1n) is 5.82. The van der Waals surface area contributed by atoms with Gasteiger partial charge >= 0.3 is 5.97 Å². The number of esters is 1. The van der Waals surface area contributed by atoms with Crippen LogP contribution < -0.4 is 0 Å². The van der Waals surface area contributed by atoms with Crippen molar-refractivity contribution in [3.8, 4) is 5.75 Å². The standard InChI is InChI=1S/C15H13FO3/c1-10(11-6-8-12(16)9-7-11)19-15(18)13-4-2-3-5-14(13)17/h2-10,17H,1H3/t10-/m0/s1. The van der Waals surface area contributed by atoms with Gasteiger partial charge < -0.3 is 9.84 Å². The van der Waals surface area contributed by atoms with Crippen molar-refractivity contribution >= 4 is 5.97 Å². The second kappa shape index (κ2) is 5.52. The maximum Gasteiger partial charge on any atom is 0.342 e. The third-order valence-corrected chi connectivity index (χ3v) is 2.75. The highest BCUT2D eigenvalue weighted by atomic mass is 19.1. The van der Waals surface area contributed by atoms with Crippen LogP contribution >= 0.6 is 0 Å². The van der Waals surface area contributed by atoms with Crippen LogP contribution in [0.15, 0.2) is 48.5 Å². The molecule has 0 bridgehead atoms. The van der Waals surface area contributed by atoms with Crippen LogP contribution in [-0.4, -0.2) is 11.1 Å². The Morgan fingerprint density at radius 2 is 1.79 bits per heavy atom. The van der Waals surface area contributed by atoms with Crippen LogP contribution in [0, 0.1) is 5.82 Å². The zero-order valence-corrected chi connectivity index (χ0v) is 10.3. The monoisotopic (exact) mass is 260 g/mol. The lowest BCUT2D eigenvalue weighted by atomic mass is 10.1. The lowest BCUT2D eigenvalue weighted by Gasteiger charge is -2.14. The Bertz CT molecular complexity index is 578. The molecule has 0 radical (unpaired) electrons. The van der Waals surface area contributed by atoms with Crippen molar-refractivity contribution in [2.45, 2.75) is 13.0 Å². The summed E-state index contributed by atoms with van der Waals surface area (Å²) in [6.45, 7) is 1.69. The first-order valence-corrected chi connectivity index (χ1v) is 5.82. The first kappa shape index (κ1) is 13.1. The number of aromatic hydroxyl groups is 1. The normalized spacial score (nSPS) is 11.9. The molecule has 2 aromatic carbocycles. The van der Waals surface area contributed by atoms with Crippen molar-refractivity contribution in [1.82, 2.24) is 0 Å². The molecule has 3 nitrogen and oxygen atoms in total. The van der Waals surface area contributed by atoms with Gasteiger partial charge in [0.25, 0.3) is 0 Å². The number of ether oxygens (including phenoxy) is 1. The Balaban J connectivity index is 2.11. The largest absolute Gasteiger partial charge is 0.507 e. The summed E-state index contributed by atoms with van der Waals surface area (Å²) in [5.41, 5.74) is 0.793. The van der Waals surface area contributed by atoms with E-state index in [4.69, 9.17) is 4.74 Å². The molecule has 1 atom stereocenters. The summed E-state index contributed by atoms with van der Waals surface area (Å²) < 4.78 is 18.0. The molecule has 0 unspecified atom stereocenters. The molecule has 0 saturated carbocycles. The summed E-state index contributed by atoms with van der Waals surface area (Å²) in [6.07, 6.45) is -0.521. The average Bonchev–Trinajstić information content (AvgIpc) is 2.39. The minimum atomic E-state index is -0.616. The molecule has 19 heavy (non-hydrogen) atoms. The molecular weight excluding hydrogens is 247 g/mol. The van der Waals surface area contributed by atoms with Gasteiger partial charge in [-0.1, -0.05) is 24.3 Å². The van der Waals surface area contributed by atoms with E-state index in [0.29, 0.717) is 5.56 Å². The van der Waals surface area contributed by atoms with Crippen LogP contribution in [0.5, 0.6) is 5.75 Å². The van der Waals surface area contributed by atoms with Gasteiger partial charge in [-0.25, -0.2) is 9.18 Å². The quantitative estimate of drug-likeness (QED) is 0.860. The predicted molar refractivity (Wildman–Crippen MR) is 68.3 cm³/mol. The van der Waals surface area contributed by atoms with Gasteiger partial charge in [0.05, 0.1) is 0 Å². The Morgan fingerprint density at radius 1 is 1.16 bits per heavy atom. The van der Waals surface area contributed by atoms with Gasteiger partial charge in [-0.15, -0.1) is 0 Å². The second-order valence-corrected chi connectivity index (χ2v) is 4.12. The predicted octanol–water partition coefficient (Wildman–Crippen LogP) is 3.45. The number of para-hydroxylation sites is 1. The highest BCUT2D eigenvalue weighted by Crippen LogP contribution is 2.22. The van der Waals surface area contributed by atoms with Gasteiger partial charge in [-0.05, 0) is 36.8 Å². The molecule has 0 amide bonds. The number of rotatable bonds is 3. The first-order chi connectivity index (χ1) is 9.08. The minimum absolute atomic E-state index is 0.108. The van der Waals surface area contributed by atoms with Crippen molar-refractivity contribution in [2.75, 3.05) is 0 Å². The van der Waals surface area contributed by atoms with E-state index in [1.54, 1.807) is 31.2 Å². The molecular formula is C15H13FO3. The van der Waals surface area contributed by atoms with Crippen LogP contribution in [-0.2, 0) is 4.74 Å². The smallest absolute Gasteiger partial charge is 0.342 e. The van der Waals surface area contributed by atoms with E-state index in [-0.39, 0.29) is 17.1 Å². The summed E-state index contributed by atoms with van der Waals surface area (Å²) in [5.74, 6) is -1.09. The second-order valence-electron chi connectivity index (χ2n) is 4.12. The van der Waals surface area contributed by atoms with Gasteiger partial charge in [0.15, 0.2) is 0 Å². The molecule has 0 aliphatic heterocycles. The molecule has 0 spiro atoms. The van der Waals surface area contributed by atoms with E-state index in [1.807, 2.05) is 0 Å². The number of phenolic OH excluding ortho intramolecular Hbond substituents is 1. The van der Waals surface area contributed by atoms with Gasteiger partial charge in [-0.2, -0.15) is 0 Å². The average molecular weight is 260 g/mol. The van der Waals surface area contributed by atoms with Crippen LogP contribution in [0.1, 0.15) is 28.9 Å². The number of carbonyl (C=O) groups excluding carboxylic acids is 1. The Hall–Kier alpha value is -2.36. The maximum atomic E-state index is 12.8. The molecule has 0 saturated heterocycles. The lowest BCUT2D eigenvalue weighted by Crippen LogP contribution is -2.09. The number of benzene rings is 2. The molecule has 4 heteroatoms. The van der Waals surface area contributed by atoms with E-state index >= 15 is 0 Å². The summed E-state index contributed by atoms with van der Waals surface area (Å²) >= 11 is 0. The highest BCUT2D eigenvalue weighted by molar-refractivity contribution is 5.92. The van der Waals surface area contributed by atoms with Gasteiger partial charge in [-0.3, -0.25) is 0 Å². The Labute approximate surface area is 110 Å². The molecule has 0 fully saturated rings. The molecule has 0 aromatic heterocycles. The van der Waals surface area contributed by atoms with Gasteiger partial charge in [0.1, 0.15) is 23.2 Å². The third-order valence-electron chi connectivity index (χ3n) is 2.75. The van der Waals surface area contributed by atoms with E-state index < -0.39 is 12.1 Å². The fourth-order valence-electron chi connectivity index (χ4n) is 1.67. The molecule has 1 N–H and O–H groups in total. The zero-order chi connectivity index (χ0) is 13.8. The summed E-state index contributed by atoms with van der Waals surface area (Å²) in [6, 6.07) is 11.9. The summed E-state index contributed by atoms with van der Waals surface area (Å²) in [7, 11) is 0. The Kier molecular flexibility index (Phi) is 3.80. The van der Waals surface area contributed by atoms with Crippen molar-refractivity contribution in [1.29, 1.82) is 0 Å². The molecule has 98 valence electrons. The number of hydrogen-bond acceptors (Lipinski definition) is 3. The fourth-order valence-corrected chi connectivity index (χ4v) is 1.67. The van der Waals surface area contributed by atoms with E-state index in [0.717, 1.165) is 0 Å². The van der Waals surface area contributed by atoms with Crippen LogP contribution in [0.25, 0.3) is 0 Å². The number of carbonyl (C=O) groups is 1. The van der Waals surface area contributed by atoms with Crippen molar-refractivity contribution in [3.63, 3.8) is 0 Å². The fraction of sp³-hybridized carbons (Fsp3) is 0.133. The van der Waals surface area contributed by atoms with Gasteiger partial charge in [0, 0.05) is 0 Å². The maximum absolute atomic E-state index is 12.8. The highest BCUT2D eigenvalue weighted by Gasteiger charge is 2.16. The van der Waals surface area contributed by atoms with Crippen LogP contribution in [0.4, 0.5) is 4.39 Å². The van der Waals surface area contributed by atoms with Crippen molar-refractivity contribution < 1.29 is 19.0 Å². The summed E-state index contributed by atoms with van der Waals surface area (Å²) in [4.78, 5) is 11.9. The minimum Gasteiger partial charge on any atom is -0.507 e. The summed E-state index contributed by atoms with van der Waals surface area (Å²) in [5, 5.41) is 9.55. The zero-order valence-electron chi connectivity index (χ0n) is 10.3. The Morgan fingerprint density at radius 3 is 2.42 bits per heavy atom. The van der Waals surface area contributed by atoms with Gasteiger partial charge in [0.2, 0.25) is 0 Å². The molecule has 2 aromatic rings. The molecule has 0 aliphatic rings. The van der Waals surface area contributed by atoms with Crippen LogP contribution in [0.2, 0.25) is 0 Å². The van der Waals surface area contributed by atoms with E-state index in [2.05, 4.69) is 0 Å². The molecule has 0 aliphatic carbocycles. The number of phenols is 1.